The Morgan fingerprint density at radius 3 is 2.50 bits per heavy atom. The lowest BCUT2D eigenvalue weighted by molar-refractivity contribution is 0.235. The molecule has 0 atom stereocenters. The van der Waals surface area contributed by atoms with Gasteiger partial charge in [-0.3, -0.25) is 0 Å². The number of nitrogens with one attached hydrogen (secondary N) is 1. The van der Waals surface area contributed by atoms with E-state index >= 15 is 0 Å². The van der Waals surface area contributed by atoms with Crippen molar-refractivity contribution in [1.82, 2.24) is 0 Å². The van der Waals surface area contributed by atoms with Crippen molar-refractivity contribution < 1.29 is 21.6 Å². The second kappa shape index (κ2) is 5.62. The van der Waals surface area contributed by atoms with Gasteiger partial charge in [0, 0.05) is 0 Å². The van der Waals surface area contributed by atoms with Crippen molar-refractivity contribution in [3.63, 3.8) is 0 Å². The van der Waals surface area contributed by atoms with E-state index in [-0.39, 0.29) is 12.2 Å². The van der Waals surface area contributed by atoms with Gasteiger partial charge in [0.1, 0.15) is 11.5 Å². The van der Waals surface area contributed by atoms with Gasteiger partial charge in [0.15, 0.2) is 0 Å². The average Bonchev–Trinajstić information content (AvgIpc) is 2.82. The van der Waals surface area contributed by atoms with Gasteiger partial charge in [-0.05, 0) is 31.2 Å². The largest absolute Gasteiger partial charge is 0.465 e. The highest BCUT2D eigenvalue weighted by molar-refractivity contribution is 7.91. The summed E-state index contributed by atoms with van der Waals surface area (Å²) in [6.07, 6.45) is 0. The molecule has 1 heterocycles. The average molecular weight is 301 g/mol. The Kier molecular flexibility index (Phi) is 4.08. The molecule has 2 aromatic rings. The van der Waals surface area contributed by atoms with E-state index < -0.39 is 20.5 Å². The zero-order valence-corrected chi connectivity index (χ0v) is 11.5. The van der Waals surface area contributed by atoms with Gasteiger partial charge in [0.2, 0.25) is 9.84 Å². The van der Waals surface area contributed by atoms with E-state index in [0.29, 0.717) is 5.76 Å². The lowest BCUT2D eigenvalue weighted by atomic mass is 10.3. The fraction of sp³-hybridized carbons (Fsp3) is 0.231. The lowest BCUT2D eigenvalue weighted by Gasteiger charge is -2.11. The first-order valence-electron chi connectivity index (χ1n) is 5.81. The minimum absolute atomic E-state index is 0.127. The van der Waals surface area contributed by atoms with Gasteiger partial charge >= 0.3 is 5.76 Å². The first-order valence-corrected chi connectivity index (χ1v) is 7.36. The van der Waals surface area contributed by atoms with Crippen LogP contribution in [0.4, 0.5) is 14.5 Å². The highest BCUT2D eigenvalue weighted by Crippen LogP contribution is 2.26. The number of hydrogen-bond donors (Lipinski definition) is 1. The number of rotatable bonds is 5. The van der Waals surface area contributed by atoms with Gasteiger partial charge < -0.3 is 9.73 Å². The molecular formula is C13H13F2NO3S. The summed E-state index contributed by atoms with van der Waals surface area (Å²) in [6, 6.07) is 9.05. The number of benzene rings is 1. The summed E-state index contributed by atoms with van der Waals surface area (Å²) in [7, 11) is -4.63. The summed E-state index contributed by atoms with van der Waals surface area (Å²) in [5.41, 5.74) is 0.127. The molecule has 2 rings (SSSR count). The van der Waals surface area contributed by atoms with Crippen LogP contribution in [0.25, 0.3) is 0 Å². The minimum Gasteiger partial charge on any atom is -0.465 e. The number of furan rings is 1. The van der Waals surface area contributed by atoms with Crippen molar-refractivity contribution in [3.8, 4) is 0 Å². The standard InChI is InChI=1S/C13H13F2NO3S/c1-9-6-7-10(19-9)8-16-11-4-2-3-5-12(11)20(17,18)13(14)15/h2-7,13,16H,8H2,1H3. The Morgan fingerprint density at radius 2 is 1.90 bits per heavy atom. The molecule has 0 unspecified atom stereocenters. The third kappa shape index (κ3) is 2.98. The second-order valence-electron chi connectivity index (χ2n) is 4.17. The van der Waals surface area contributed by atoms with Crippen molar-refractivity contribution in [3.05, 3.63) is 47.9 Å². The zero-order valence-electron chi connectivity index (χ0n) is 10.6. The Balaban J connectivity index is 2.25. The number of alkyl halides is 2. The molecule has 1 aromatic heterocycles. The number of hydrogen-bond acceptors (Lipinski definition) is 4. The number of aryl methyl sites for hydroxylation is 1. The van der Waals surface area contributed by atoms with Crippen molar-refractivity contribution in [1.29, 1.82) is 0 Å². The van der Waals surface area contributed by atoms with Crippen molar-refractivity contribution in [2.75, 3.05) is 5.32 Å². The van der Waals surface area contributed by atoms with Crippen LogP contribution >= 0.6 is 0 Å². The molecule has 0 saturated carbocycles. The normalized spacial score (nSPS) is 11.8. The number of para-hydroxylation sites is 1. The van der Waals surface area contributed by atoms with E-state index in [0.717, 1.165) is 11.8 Å². The maximum Gasteiger partial charge on any atom is 0.341 e. The molecule has 0 bridgehead atoms. The number of anilines is 1. The molecule has 108 valence electrons. The van der Waals surface area contributed by atoms with Crippen LogP contribution in [0.15, 0.2) is 45.7 Å². The van der Waals surface area contributed by atoms with Crippen molar-refractivity contribution in [2.45, 2.75) is 24.1 Å². The molecule has 0 aliphatic heterocycles. The fourth-order valence-corrected chi connectivity index (χ4v) is 2.63. The van der Waals surface area contributed by atoms with Crippen LogP contribution < -0.4 is 5.32 Å². The molecule has 0 aliphatic carbocycles. The Hall–Kier alpha value is -1.89. The highest BCUT2D eigenvalue weighted by atomic mass is 32.2. The fourth-order valence-electron chi connectivity index (χ4n) is 1.72. The SMILES string of the molecule is Cc1ccc(CNc2ccccc2S(=O)(=O)C(F)F)o1. The Morgan fingerprint density at radius 1 is 1.20 bits per heavy atom. The molecule has 0 fully saturated rings. The molecule has 0 amide bonds. The lowest BCUT2D eigenvalue weighted by Crippen LogP contribution is -2.14. The van der Waals surface area contributed by atoms with E-state index in [1.165, 1.54) is 12.1 Å². The molecule has 0 spiro atoms. The van der Waals surface area contributed by atoms with Crippen LogP contribution in [0, 0.1) is 6.92 Å². The van der Waals surface area contributed by atoms with Gasteiger partial charge in [-0.2, -0.15) is 8.78 Å². The topological polar surface area (TPSA) is 59.3 Å². The second-order valence-corrected chi connectivity index (χ2v) is 6.05. The summed E-state index contributed by atoms with van der Waals surface area (Å²) >= 11 is 0. The third-order valence-corrected chi connectivity index (χ3v) is 4.12. The third-order valence-electron chi connectivity index (χ3n) is 2.68. The molecule has 4 nitrogen and oxygen atoms in total. The van der Waals surface area contributed by atoms with Crippen LogP contribution in [0.1, 0.15) is 11.5 Å². The predicted molar refractivity (Wildman–Crippen MR) is 70.4 cm³/mol. The predicted octanol–water partition coefficient (Wildman–Crippen LogP) is 3.20. The monoisotopic (exact) mass is 301 g/mol. The van der Waals surface area contributed by atoms with E-state index in [9.17, 15) is 17.2 Å². The summed E-state index contributed by atoms with van der Waals surface area (Å²) < 4.78 is 53.6. The van der Waals surface area contributed by atoms with Crippen LogP contribution in [0.2, 0.25) is 0 Å². The quantitative estimate of drug-likeness (QED) is 0.921. The molecule has 1 N–H and O–H groups in total. The minimum atomic E-state index is -4.63. The van der Waals surface area contributed by atoms with Crippen LogP contribution in [0.3, 0.4) is 0 Å². The Labute approximate surface area is 115 Å². The van der Waals surface area contributed by atoms with Gasteiger partial charge in [-0.1, -0.05) is 12.1 Å². The molecule has 20 heavy (non-hydrogen) atoms. The van der Waals surface area contributed by atoms with E-state index in [1.54, 1.807) is 25.1 Å². The first kappa shape index (κ1) is 14.5. The smallest absolute Gasteiger partial charge is 0.341 e. The number of sulfone groups is 1. The molecule has 0 radical (unpaired) electrons. The number of halogens is 2. The Bertz CT molecular complexity index is 695. The summed E-state index contributed by atoms with van der Waals surface area (Å²) in [5, 5.41) is 2.80. The van der Waals surface area contributed by atoms with Crippen molar-refractivity contribution in [2.24, 2.45) is 0 Å². The van der Waals surface area contributed by atoms with Gasteiger partial charge in [0.05, 0.1) is 17.1 Å². The molecule has 0 saturated heterocycles. The van der Waals surface area contributed by atoms with Gasteiger partial charge in [-0.15, -0.1) is 0 Å². The van der Waals surface area contributed by atoms with E-state index in [1.807, 2.05) is 0 Å². The first-order chi connectivity index (χ1) is 9.41. The highest BCUT2D eigenvalue weighted by Gasteiger charge is 2.28. The van der Waals surface area contributed by atoms with E-state index in [2.05, 4.69) is 5.32 Å². The maximum atomic E-state index is 12.6. The van der Waals surface area contributed by atoms with Crippen LogP contribution in [-0.4, -0.2) is 14.2 Å². The molecule has 1 aromatic carbocycles. The van der Waals surface area contributed by atoms with Crippen molar-refractivity contribution >= 4 is 15.5 Å². The molecular weight excluding hydrogens is 288 g/mol. The zero-order chi connectivity index (χ0) is 14.8. The molecule has 7 heteroatoms. The maximum absolute atomic E-state index is 12.6. The van der Waals surface area contributed by atoms with Gasteiger partial charge in [-0.25, -0.2) is 8.42 Å². The van der Waals surface area contributed by atoms with E-state index in [4.69, 9.17) is 4.42 Å². The van der Waals surface area contributed by atoms with Crippen LogP contribution in [0.5, 0.6) is 0 Å². The summed E-state index contributed by atoms with van der Waals surface area (Å²) in [6.45, 7) is 1.99. The molecule has 0 aliphatic rings. The van der Waals surface area contributed by atoms with Gasteiger partial charge in [0.25, 0.3) is 0 Å². The summed E-state index contributed by atoms with van der Waals surface area (Å²) in [5.74, 6) is -2.14. The van der Waals surface area contributed by atoms with Crippen LogP contribution in [-0.2, 0) is 16.4 Å². The summed E-state index contributed by atoms with van der Waals surface area (Å²) in [4.78, 5) is -0.418.